The second-order valence-corrected chi connectivity index (χ2v) is 3.28. The zero-order valence-corrected chi connectivity index (χ0v) is 7.11. The largest absolute Gasteiger partial charge is 0.327 e. The van der Waals surface area contributed by atoms with Gasteiger partial charge in [0, 0.05) is 13.0 Å². The Labute approximate surface area is 70.9 Å². The molecule has 12 heavy (non-hydrogen) atoms. The van der Waals surface area contributed by atoms with Crippen LogP contribution in [0.1, 0.15) is 19.8 Å². The van der Waals surface area contributed by atoms with Crippen LogP contribution in [0.25, 0.3) is 0 Å². The minimum Gasteiger partial charge on any atom is -0.327 e. The Morgan fingerprint density at radius 3 is 2.42 bits per heavy atom. The van der Waals surface area contributed by atoms with Gasteiger partial charge in [-0.15, -0.1) is 0 Å². The van der Waals surface area contributed by atoms with Gasteiger partial charge >= 0.3 is 0 Å². The molecule has 0 spiro atoms. The minimum absolute atomic E-state index is 0.146. The van der Waals surface area contributed by atoms with Crippen molar-refractivity contribution < 1.29 is 8.78 Å². The Bertz CT molecular complexity index is 223. The van der Waals surface area contributed by atoms with Gasteiger partial charge in [0.2, 0.25) is 5.92 Å². The molecular weight excluding hydrogens is 160 g/mol. The van der Waals surface area contributed by atoms with Crippen LogP contribution in [0.15, 0.2) is 23.3 Å². The maximum absolute atomic E-state index is 12.5. The summed E-state index contributed by atoms with van der Waals surface area (Å²) in [5.74, 6) is -2.59. The molecule has 1 nitrogen and oxygen atoms in total. The minimum atomic E-state index is -2.59. The van der Waals surface area contributed by atoms with Gasteiger partial charge < -0.3 is 5.73 Å². The molecule has 1 rings (SSSR count). The first-order valence-electron chi connectivity index (χ1n) is 3.96. The fourth-order valence-electron chi connectivity index (χ4n) is 1.31. The maximum atomic E-state index is 12.5. The Kier molecular flexibility index (Phi) is 2.62. The van der Waals surface area contributed by atoms with Crippen LogP contribution in [0.5, 0.6) is 0 Å². The first kappa shape index (κ1) is 9.39. The summed E-state index contributed by atoms with van der Waals surface area (Å²) in [6, 6.07) is 0. The molecule has 0 saturated carbocycles. The molecule has 0 heterocycles. The van der Waals surface area contributed by atoms with E-state index in [0.29, 0.717) is 13.0 Å². The highest BCUT2D eigenvalue weighted by atomic mass is 19.3. The van der Waals surface area contributed by atoms with Crippen LogP contribution in [-0.2, 0) is 0 Å². The molecule has 0 atom stereocenters. The number of hydrogen-bond acceptors (Lipinski definition) is 1. The summed E-state index contributed by atoms with van der Waals surface area (Å²) >= 11 is 0. The van der Waals surface area contributed by atoms with E-state index in [2.05, 4.69) is 0 Å². The maximum Gasteiger partial charge on any atom is 0.249 e. The van der Waals surface area contributed by atoms with E-state index in [4.69, 9.17) is 5.73 Å². The molecule has 3 heteroatoms. The molecule has 0 aliphatic heterocycles. The van der Waals surface area contributed by atoms with Crippen LogP contribution in [0.3, 0.4) is 0 Å². The first-order chi connectivity index (χ1) is 5.51. The summed E-state index contributed by atoms with van der Waals surface area (Å²) in [6.45, 7) is 1.41. The van der Waals surface area contributed by atoms with Gasteiger partial charge in [0.1, 0.15) is 0 Å². The number of rotatable bonds is 3. The molecule has 1 aliphatic rings. The lowest BCUT2D eigenvalue weighted by molar-refractivity contribution is 0.0223. The molecule has 0 aromatic carbocycles. The van der Waals surface area contributed by atoms with Crippen molar-refractivity contribution >= 4 is 0 Å². The van der Waals surface area contributed by atoms with Crippen molar-refractivity contribution in [1.82, 2.24) is 0 Å². The SMILES string of the molecule is CC(F)(F)CC1=CC=C(CN)C1. The van der Waals surface area contributed by atoms with Gasteiger partial charge in [0.25, 0.3) is 0 Å². The van der Waals surface area contributed by atoms with Crippen molar-refractivity contribution in [3.8, 4) is 0 Å². The second-order valence-electron chi connectivity index (χ2n) is 3.28. The normalized spacial score (nSPS) is 17.7. The molecule has 0 unspecified atom stereocenters. The van der Waals surface area contributed by atoms with Crippen molar-refractivity contribution in [2.45, 2.75) is 25.7 Å². The fraction of sp³-hybridized carbons (Fsp3) is 0.556. The van der Waals surface area contributed by atoms with E-state index in [1.165, 1.54) is 0 Å². The molecule has 2 N–H and O–H groups in total. The van der Waals surface area contributed by atoms with Gasteiger partial charge in [-0.1, -0.05) is 23.3 Å². The third-order valence-corrected chi connectivity index (χ3v) is 1.81. The summed E-state index contributed by atoms with van der Waals surface area (Å²) < 4.78 is 25.0. The lowest BCUT2D eigenvalue weighted by Gasteiger charge is -2.10. The average Bonchev–Trinajstić information content (AvgIpc) is 2.32. The Hall–Kier alpha value is -0.700. The van der Waals surface area contributed by atoms with Crippen molar-refractivity contribution in [3.63, 3.8) is 0 Å². The monoisotopic (exact) mass is 173 g/mol. The quantitative estimate of drug-likeness (QED) is 0.696. The van der Waals surface area contributed by atoms with Crippen LogP contribution in [0.2, 0.25) is 0 Å². The van der Waals surface area contributed by atoms with Crippen LogP contribution < -0.4 is 5.73 Å². The van der Waals surface area contributed by atoms with Gasteiger partial charge in [-0.25, -0.2) is 8.78 Å². The summed E-state index contributed by atoms with van der Waals surface area (Å²) in [5, 5.41) is 0. The molecule has 0 aromatic rings. The number of halogens is 2. The van der Waals surface area contributed by atoms with Crippen molar-refractivity contribution in [3.05, 3.63) is 23.3 Å². The zero-order valence-electron chi connectivity index (χ0n) is 7.11. The lowest BCUT2D eigenvalue weighted by Crippen LogP contribution is -2.10. The predicted octanol–water partition coefficient (Wildman–Crippen LogP) is 2.25. The highest BCUT2D eigenvalue weighted by Gasteiger charge is 2.24. The Balaban J connectivity index is 2.42. The number of hydrogen-bond donors (Lipinski definition) is 1. The summed E-state index contributed by atoms with van der Waals surface area (Å²) in [4.78, 5) is 0. The first-order valence-corrected chi connectivity index (χ1v) is 3.96. The molecule has 1 aliphatic carbocycles. The Morgan fingerprint density at radius 1 is 1.42 bits per heavy atom. The van der Waals surface area contributed by atoms with Crippen LogP contribution in [0, 0.1) is 0 Å². The molecule has 0 radical (unpaired) electrons. The lowest BCUT2D eigenvalue weighted by atomic mass is 10.1. The second kappa shape index (κ2) is 3.35. The van der Waals surface area contributed by atoms with Crippen molar-refractivity contribution in [2.75, 3.05) is 6.54 Å². The molecular formula is C9H13F2N. The molecule has 0 aromatic heterocycles. The summed E-state index contributed by atoms with van der Waals surface area (Å²) in [6.07, 6.45) is 4.06. The number of nitrogens with two attached hydrogens (primary N) is 1. The van der Waals surface area contributed by atoms with E-state index in [1.54, 1.807) is 6.08 Å². The van der Waals surface area contributed by atoms with Crippen molar-refractivity contribution in [1.29, 1.82) is 0 Å². The van der Waals surface area contributed by atoms with Gasteiger partial charge in [-0.2, -0.15) is 0 Å². The summed E-state index contributed by atoms with van der Waals surface area (Å²) in [5.41, 5.74) is 7.19. The molecule has 68 valence electrons. The average molecular weight is 173 g/mol. The van der Waals surface area contributed by atoms with Crippen molar-refractivity contribution in [2.24, 2.45) is 5.73 Å². The third kappa shape index (κ3) is 2.74. The van der Waals surface area contributed by atoms with Crippen LogP contribution in [-0.4, -0.2) is 12.5 Å². The van der Waals surface area contributed by atoms with Crippen LogP contribution in [0.4, 0.5) is 8.78 Å². The van der Waals surface area contributed by atoms with Crippen LogP contribution >= 0.6 is 0 Å². The zero-order chi connectivity index (χ0) is 9.19. The number of allylic oxidation sites excluding steroid dienone is 3. The molecule has 0 saturated heterocycles. The topological polar surface area (TPSA) is 26.0 Å². The van der Waals surface area contributed by atoms with E-state index in [0.717, 1.165) is 18.1 Å². The highest BCUT2D eigenvalue weighted by molar-refractivity contribution is 5.31. The standard InChI is InChI=1S/C9H13F2N/c1-9(10,11)5-7-2-3-8(4-7)6-12/h2-3H,4-6,12H2,1H3. The fourth-order valence-corrected chi connectivity index (χ4v) is 1.31. The smallest absolute Gasteiger partial charge is 0.249 e. The van der Waals surface area contributed by atoms with E-state index < -0.39 is 5.92 Å². The molecule has 0 fully saturated rings. The van der Waals surface area contributed by atoms with Gasteiger partial charge in [0.05, 0.1) is 0 Å². The number of alkyl halides is 2. The van der Waals surface area contributed by atoms with E-state index >= 15 is 0 Å². The molecule has 0 bridgehead atoms. The van der Waals surface area contributed by atoms with E-state index in [1.807, 2.05) is 6.08 Å². The predicted molar refractivity (Wildman–Crippen MR) is 45.1 cm³/mol. The molecule has 0 amide bonds. The highest BCUT2D eigenvalue weighted by Crippen LogP contribution is 2.29. The van der Waals surface area contributed by atoms with Gasteiger partial charge in [-0.05, 0) is 13.3 Å². The van der Waals surface area contributed by atoms with E-state index in [-0.39, 0.29) is 6.42 Å². The van der Waals surface area contributed by atoms with Gasteiger partial charge in [-0.3, -0.25) is 0 Å². The summed E-state index contributed by atoms with van der Waals surface area (Å²) in [7, 11) is 0. The third-order valence-electron chi connectivity index (χ3n) is 1.81. The van der Waals surface area contributed by atoms with Gasteiger partial charge in [0.15, 0.2) is 0 Å². The Morgan fingerprint density at radius 2 is 2.00 bits per heavy atom. The van der Waals surface area contributed by atoms with E-state index in [9.17, 15) is 8.78 Å².